The summed E-state index contributed by atoms with van der Waals surface area (Å²) in [6, 6.07) is 9.28. The summed E-state index contributed by atoms with van der Waals surface area (Å²) in [4.78, 5) is 0.414. The fourth-order valence-corrected chi connectivity index (χ4v) is 4.70. The summed E-state index contributed by atoms with van der Waals surface area (Å²) in [5.41, 5.74) is 0. The van der Waals surface area contributed by atoms with Gasteiger partial charge >= 0.3 is 0 Å². The number of piperidine rings is 2. The maximum Gasteiger partial charge on any atom is 0.243 e. The molecule has 2 aliphatic rings. The van der Waals surface area contributed by atoms with Gasteiger partial charge in [0.2, 0.25) is 10.0 Å². The van der Waals surface area contributed by atoms with Crippen LogP contribution in [0.5, 0.6) is 0 Å². The Balaban J connectivity index is 0.00000147. The predicted octanol–water partition coefficient (Wildman–Crippen LogP) is 1.87. The second-order valence-electron chi connectivity index (χ2n) is 5.43. The van der Waals surface area contributed by atoms with Crippen LogP contribution in [0, 0.1) is 5.92 Å². The Morgan fingerprint density at radius 2 is 1.90 bits per heavy atom. The van der Waals surface area contributed by atoms with Crippen LogP contribution in [0.3, 0.4) is 0 Å². The lowest BCUT2D eigenvalue weighted by atomic mass is 9.86. The molecule has 1 N–H and O–H groups in total. The minimum absolute atomic E-state index is 0. The van der Waals surface area contributed by atoms with E-state index in [0.29, 0.717) is 29.9 Å². The molecular weight excluding hydrogens is 296 g/mol. The van der Waals surface area contributed by atoms with Crippen molar-refractivity contribution in [3.8, 4) is 0 Å². The van der Waals surface area contributed by atoms with E-state index in [4.69, 9.17) is 0 Å². The fraction of sp³-hybridized carbons (Fsp3) is 0.571. The van der Waals surface area contributed by atoms with E-state index in [2.05, 4.69) is 5.32 Å². The Hall–Kier alpha value is -0.620. The van der Waals surface area contributed by atoms with E-state index in [-0.39, 0.29) is 12.4 Å². The zero-order valence-electron chi connectivity index (χ0n) is 11.4. The molecule has 0 bridgehead atoms. The normalized spacial score (nSPS) is 27.4. The molecule has 1 aromatic rings. The van der Waals surface area contributed by atoms with Crippen molar-refractivity contribution in [2.75, 3.05) is 19.6 Å². The van der Waals surface area contributed by atoms with Crippen LogP contribution in [0.4, 0.5) is 0 Å². The number of halogens is 1. The van der Waals surface area contributed by atoms with Gasteiger partial charge < -0.3 is 5.32 Å². The highest BCUT2D eigenvalue weighted by molar-refractivity contribution is 7.89. The van der Waals surface area contributed by atoms with Crippen molar-refractivity contribution >= 4 is 22.4 Å². The molecule has 2 saturated heterocycles. The molecule has 4 nitrogen and oxygen atoms in total. The number of rotatable bonds is 2. The highest BCUT2D eigenvalue weighted by Crippen LogP contribution is 2.28. The molecule has 6 heteroatoms. The lowest BCUT2D eigenvalue weighted by Gasteiger charge is -2.41. The standard InChI is InChI=1S/C14H20N2O2S.ClH/c17-19(18,13-6-2-1-3-7-13)16-10-8-14-12(11-16)5-4-9-15-14;/h1-3,6-7,12,14-15H,4-5,8-11H2;1H/t12-,14+;/m1./s1. The predicted molar refractivity (Wildman–Crippen MR) is 81.6 cm³/mol. The minimum atomic E-state index is -3.31. The van der Waals surface area contributed by atoms with Crippen LogP contribution in [0.1, 0.15) is 19.3 Å². The van der Waals surface area contributed by atoms with Gasteiger partial charge in [-0.2, -0.15) is 4.31 Å². The maximum absolute atomic E-state index is 12.6. The van der Waals surface area contributed by atoms with Crippen molar-refractivity contribution in [2.45, 2.75) is 30.2 Å². The third kappa shape index (κ3) is 3.01. The zero-order valence-corrected chi connectivity index (χ0v) is 13.0. The average molecular weight is 317 g/mol. The molecule has 2 fully saturated rings. The summed E-state index contributed by atoms with van der Waals surface area (Å²) in [6.07, 6.45) is 3.22. The quantitative estimate of drug-likeness (QED) is 0.906. The van der Waals surface area contributed by atoms with Gasteiger partial charge in [-0.05, 0) is 43.9 Å². The Labute approximate surface area is 127 Å². The van der Waals surface area contributed by atoms with Crippen molar-refractivity contribution in [3.05, 3.63) is 30.3 Å². The second-order valence-corrected chi connectivity index (χ2v) is 7.37. The van der Waals surface area contributed by atoms with Crippen molar-refractivity contribution in [3.63, 3.8) is 0 Å². The topological polar surface area (TPSA) is 49.4 Å². The molecule has 0 saturated carbocycles. The Morgan fingerprint density at radius 3 is 2.65 bits per heavy atom. The Bertz CT molecular complexity index is 535. The summed E-state index contributed by atoms with van der Waals surface area (Å²) in [5.74, 6) is 0.473. The average Bonchev–Trinajstić information content (AvgIpc) is 2.47. The molecule has 2 heterocycles. The van der Waals surface area contributed by atoms with Crippen LogP contribution in [0.25, 0.3) is 0 Å². The Kier molecular flexibility index (Phi) is 5.07. The molecule has 0 radical (unpaired) electrons. The summed E-state index contributed by atoms with van der Waals surface area (Å²) in [7, 11) is -3.31. The van der Waals surface area contributed by atoms with Gasteiger partial charge in [0.25, 0.3) is 0 Å². The molecule has 112 valence electrons. The van der Waals surface area contributed by atoms with Crippen LogP contribution in [0.2, 0.25) is 0 Å². The SMILES string of the molecule is Cl.O=S(=O)(c1ccccc1)N1CC[C@@H]2NCCC[C@@H]2C1. The number of nitrogens with one attached hydrogen (secondary N) is 1. The molecule has 0 spiro atoms. The summed E-state index contributed by atoms with van der Waals surface area (Å²) in [6.45, 7) is 2.37. The molecular formula is C14H21ClN2O2S. The summed E-state index contributed by atoms with van der Waals surface area (Å²) >= 11 is 0. The summed E-state index contributed by atoms with van der Waals surface area (Å²) < 4.78 is 26.8. The van der Waals surface area contributed by atoms with Crippen molar-refractivity contribution in [1.82, 2.24) is 9.62 Å². The monoisotopic (exact) mass is 316 g/mol. The van der Waals surface area contributed by atoms with Gasteiger partial charge in [-0.1, -0.05) is 18.2 Å². The third-order valence-electron chi connectivity index (χ3n) is 4.24. The first-order valence-electron chi connectivity index (χ1n) is 6.96. The minimum Gasteiger partial charge on any atom is -0.314 e. The van der Waals surface area contributed by atoms with Gasteiger partial charge in [-0.15, -0.1) is 12.4 Å². The number of fused-ring (bicyclic) bond motifs is 1. The van der Waals surface area contributed by atoms with Crippen LogP contribution in [-0.2, 0) is 10.0 Å². The molecule has 0 unspecified atom stereocenters. The number of nitrogens with zero attached hydrogens (tertiary/aromatic N) is 1. The van der Waals surface area contributed by atoms with E-state index in [1.54, 1.807) is 28.6 Å². The van der Waals surface area contributed by atoms with Crippen LogP contribution in [0.15, 0.2) is 35.2 Å². The second kappa shape index (κ2) is 6.43. The van der Waals surface area contributed by atoms with E-state index in [9.17, 15) is 8.42 Å². The van der Waals surface area contributed by atoms with Gasteiger partial charge in [0, 0.05) is 19.1 Å². The smallest absolute Gasteiger partial charge is 0.243 e. The van der Waals surface area contributed by atoms with Crippen molar-refractivity contribution in [1.29, 1.82) is 0 Å². The zero-order chi connectivity index (χ0) is 13.3. The largest absolute Gasteiger partial charge is 0.314 e. The van der Waals surface area contributed by atoms with Gasteiger partial charge in [0.05, 0.1) is 4.90 Å². The first-order valence-corrected chi connectivity index (χ1v) is 8.40. The number of sulfonamides is 1. The van der Waals surface area contributed by atoms with Crippen molar-refractivity contribution < 1.29 is 8.42 Å². The lowest BCUT2D eigenvalue weighted by Crippen LogP contribution is -2.53. The van der Waals surface area contributed by atoms with Crippen LogP contribution < -0.4 is 5.32 Å². The first kappa shape index (κ1) is 15.8. The van der Waals surface area contributed by atoms with Gasteiger partial charge in [0.15, 0.2) is 0 Å². The molecule has 20 heavy (non-hydrogen) atoms. The van der Waals surface area contributed by atoms with E-state index in [1.165, 1.54) is 0 Å². The summed E-state index contributed by atoms with van der Waals surface area (Å²) in [5, 5.41) is 3.51. The van der Waals surface area contributed by atoms with Gasteiger partial charge in [-0.25, -0.2) is 8.42 Å². The highest BCUT2D eigenvalue weighted by Gasteiger charge is 2.36. The van der Waals surface area contributed by atoms with Crippen LogP contribution >= 0.6 is 12.4 Å². The molecule has 2 aliphatic heterocycles. The first-order chi connectivity index (χ1) is 9.18. The third-order valence-corrected chi connectivity index (χ3v) is 6.12. The van der Waals surface area contributed by atoms with E-state index >= 15 is 0 Å². The number of hydrogen-bond donors (Lipinski definition) is 1. The Morgan fingerprint density at radius 1 is 1.15 bits per heavy atom. The molecule has 2 atom stereocenters. The number of benzene rings is 1. The highest BCUT2D eigenvalue weighted by atomic mass is 35.5. The molecule has 3 rings (SSSR count). The van der Waals surface area contributed by atoms with Crippen LogP contribution in [-0.4, -0.2) is 38.4 Å². The molecule has 0 aromatic heterocycles. The fourth-order valence-electron chi connectivity index (χ4n) is 3.17. The van der Waals surface area contributed by atoms with Gasteiger partial charge in [-0.3, -0.25) is 0 Å². The van der Waals surface area contributed by atoms with E-state index in [1.807, 2.05) is 6.07 Å². The molecule has 1 aromatic carbocycles. The molecule has 0 aliphatic carbocycles. The number of hydrogen-bond acceptors (Lipinski definition) is 3. The van der Waals surface area contributed by atoms with E-state index < -0.39 is 10.0 Å². The molecule has 0 amide bonds. The maximum atomic E-state index is 12.6. The van der Waals surface area contributed by atoms with Crippen molar-refractivity contribution in [2.24, 2.45) is 5.92 Å². The van der Waals surface area contributed by atoms with E-state index in [0.717, 1.165) is 25.8 Å². The lowest BCUT2D eigenvalue weighted by molar-refractivity contribution is 0.171. The van der Waals surface area contributed by atoms with Gasteiger partial charge in [0.1, 0.15) is 0 Å².